The van der Waals surface area contributed by atoms with E-state index in [1.54, 1.807) is 15.8 Å². The highest BCUT2D eigenvalue weighted by molar-refractivity contribution is 6.35. The fourth-order valence-electron chi connectivity index (χ4n) is 2.54. The third-order valence-corrected chi connectivity index (χ3v) is 3.96. The summed E-state index contributed by atoms with van der Waals surface area (Å²) >= 11 is 6.30. The number of carbonyl (C=O) groups is 1. The molecule has 0 saturated carbocycles. The molecular formula is C17H20ClN3O2. The van der Waals surface area contributed by atoms with Crippen molar-refractivity contribution in [3.63, 3.8) is 0 Å². The van der Waals surface area contributed by atoms with Gasteiger partial charge in [-0.3, -0.25) is 4.68 Å². The van der Waals surface area contributed by atoms with Gasteiger partial charge in [-0.15, -0.1) is 0 Å². The smallest absolute Gasteiger partial charge is 0.410 e. The first-order chi connectivity index (χ1) is 10.7. The molecule has 1 aromatic carbocycles. The summed E-state index contributed by atoms with van der Waals surface area (Å²) in [5.74, 6) is 0. The molecule has 0 atom stereocenters. The van der Waals surface area contributed by atoms with Gasteiger partial charge in [-0.25, -0.2) is 4.79 Å². The molecule has 122 valence electrons. The van der Waals surface area contributed by atoms with Gasteiger partial charge in [-0.05, 0) is 44.0 Å². The van der Waals surface area contributed by atoms with Crippen LogP contribution in [0.25, 0.3) is 17.0 Å². The van der Waals surface area contributed by atoms with Crippen molar-refractivity contribution in [1.82, 2.24) is 14.7 Å². The Morgan fingerprint density at radius 2 is 2.04 bits per heavy atom. The third-order valence-electron chi connectivity index (χ3n) is 3.65. The van der Waals surface area contributed by atoms with Gasteiger partial charge in [-0.2, -0.15) is 5.10 Å². The number of nitrogens with zero attached hydrogens (tertiary/aromatic N) is 3. The number of fused-ring (bicyclic) bond motifs is 1. The minimum Gasteiger partial charge on any atom is -0.444 e. The molecule has 1 aromatic heterocycles. The van der Waals surface area contributed by atoms with E-state index >= 15 is 0 Å². The van der Waals surface area contributed by atoms with Crippen LogP contribution in [0.2, 0.25) is 5.02 Å². The van der Waals surface area contributed by atoms with Crippen LogP contribution in [-0.2, 0) is 11.8 Å². The molecule has 1 fully saturated rings. The molecule has 0 bridgehead atoms. The van der Waals surface area contributed by atoms with Gasteiger partial charge in [0, 0.05) is 25.5 Å². The molecule has 1 amide bonds. The van der Waals surface area contributed by atoms with Gasteiger partial charge in [0.15, 0.2) is 0 Å². The van der Waals surface area contributed by atoms with E-state index < -0.39 is 5.60 Å². The molecule has 0 radical (unpaired) electrons. The lowest BCUT2D eigenvalue weighted by Gasteiger charge is -2.35. The standard InChI is InChI=1S/C17H20ClN3O2/c1-17(2,3)23-16(22)21-9-12(10-21)5-11-6-14(18)13-8-19-20(4)15(13)7-11/h5-8H,9-10H2,1-4H3. The van der Waals surface area contributed by atoms with E-state index in [1.165, 1.54) is 5.57 Å². The van der Waals surface area contributed by atoms with Crippen LogP contribution in [0.1, 0.15) is 26.3 Å². The fraction of sp³-hybridized carbons (Fsp3) is 0.412. The Bertz CT molecular complexity index is 794. The van der Waals surface area contributed by atoms with Crippen LogP contribution in [-0.4, -0.2) is 39.5 Å². The Kier molecular flexibility index (Phi) is 3.84. The molecule has 0 N–H and O–H groups in total. The van der Waals surface area contributed by atoms with E-state index in [2.05, 4.69) is 17.2 Å². The van der Waals surface area contributed by atoms with Gasteiger partial charge in [0.2, 0.25) is 0 Å². The highest BCUT2D eigenvalue weighted by Gasteiger charge is 2.29. The number of benzene rings is 1. The fourth-order valence-corrected chi connectivity index (χ4v) is 2.81. The predicted molar refractivity (Wildman–Crippen MR) is 91.5 cm³/mol. The lowest BCUT2D eigenvalue weighted by Crippen LogP contribution is -2.46. The summed E-state index contributed by atoms with van der Waals surface area (Å²) in [6.45, 7) is 6.79. The Morgan fingerprint density at radius 1 is 1.35 bits per heavy atom. The number of likely N-dealkylation sites (tertiary alicyclic amines) is 1. The van der Waals surface area contributed by atoms with Crippen LogP contribution in [0.5, 0.6) is 0 Å². The topological polar surface area (TPSA) is 47.4 Å². The lowest BCUT2D eigenvalue weighted by molar-refractivity contribution is 0.0216. The number of aryl methyl sites for hydroxylation is 1. The second-order valence-electron chi connectivity index (χ2n) is 6.84. The predicted octanol–water partition coefficient (Wildman–Crippen LogP) is 3.86. The second kappa shape index (κ2) is 5.57. The second-order valence-corrected chi connectivity index (χ2v) is 7.25. The molecule has 0 spiro atoms. The molecule has 23 heavy (non-hydrogen) atoms. The Morgan fingerprint density at radius 3 is 2.70 bits per heavy atom. The highest BCUT2D eigenvalue weighted by atomic mass is 35.5. The molecule has 1 aliphatic heterocycles. The lowest BCUT2D eigenvalue weighted by atomic mass is 10.0. The van der Waals surface area contributed by atoms with Crippen molar-refractivity contribution in [1.29, 1.82) is 0 Å². The number of ether oxygens (including phenoxy) is 1. The Hall–Kier alpha value is -2.01. The average Bonchev–Trinajstić information content (AvgIpc) is 2.73. The largest absolute Gasteiger partial charge is 0.444 e. The zero-order valence-corrected chi connectivity index (χ0v) is 14.5. The van der Waals surface area contributed by atoms with Crippen molar-refractivity contribution in [3.8, 4) is 0 Å². The molecule has 0 unspecified atom stereocenters. The quantitative estimate of drug-likeness (QED) is 0.796. The van der Waals surface area contributed by atoms with E-state index in [-0.39, 0.29) is 6.09 Å². The number of hydrogen-bond donors (Lipinski definition) is 0. The molecular weight excluding hydrogens is 314 g/mol. The van der Waals surface area contributed by atoms with Gasteiger partial charge in [0.1, 0.15) is 5.60 Å². The summed E-state index contributed by atoms with van der Waals surface area (Å²) < 4.78 is 7.15. The summed E-state index contributed by atoms with van der Waals surface area (Å²) in [6.07, 6.45) is 3.57. The van der Waals surface area contributed by atoms with E-state index in [4.69, 9.17) is 16.3 Å². The van der Waals surface area contributed by atoms with Crippen LogP contribution in [0.4, 0.5) is 4.79 Å². The van der Waals surface area contributed by atoms with Crippen molar-refractivity contribution in [2.24, 2.45) is 7.05 Å². The maximum atomic E-state index is 11.9. The van der Waals surface area contributed by atoms with Crippen LogP contribution in [0.15, 0.2) is 23.9 Å². The summed E-state index contributed by atoms with van der Waals surface area (Å²) in [6, 6.07) is 3.98. The number of halogens is 1. The number of amides is 1. The van der Waals surface area contributed by atoms with Gasteiger partial charge in [-0.1, -0.05) is 17.7 Å². The van der Waals surface area contributed by atoms with E-state index in [1.807, 2.05) is 33.9 Å². The number of aromatic nitrogens is 2. The maximum Gasteiger partial charge on any atom is 0.410 e. The summed E-state index contributed by atoms with van der Waals surface area (Å²) in [4.78, 5) is 13.6. The zero-order valence-electron chi connectivity index (χ0n) is 13.8. The van der Waals surface area contributed by atoms with Gasteiger partial charge in [0.05, 0.1) is 16.7 Å². The van der Waals surface area contributed by atoms with Crippen molar-refractivity contribution in [2.75, 3.05) is 13.1 Å². The van der Waals surface area contributed by atoms with E-state index in [0.717, 1.165) is 16.5 Å². The molecule has 0 aliphatic carbocycles. The minimum absolute atomic E-state index is 0.269. The number of rotatable bonds is 1. The summed E-state index contributed by atoms with van der Waals surface area (Å²) in [7, 11) is 1.89. The maximum absolute atomic E-state index is 11.9. The van der Waals surface area contributed by atoms with Crippen LogP contribution in [0, 0.1) is 0 Å². The van der Waals surface area contributed by atoms with Gasteiger partial charge in [0.25, 0.3) is 0 Å². The Balaban J connectivity index is 1.72. The van der Waals surface area contributed by atoms with Crippen LogP contribution in [0.3, 0.4) is 0 Å². The van der Waals surface area contributed by atoms with Crippen molar-refractivity contribution in [3.05, 3.63) is 34.5 Å². The minimum atomic E-state index is -0.464. The monoisotopic (exact) mass is 333 g/mol. The number of hydrogen-bond acceptors (Lipinski definition) is 3. The first kappa shape index (κ1) is 15.9. The first-order valence-electron chi connectivity index (χ1n) is 7.51. The van der Waals surface area contributed by atoms with Gasteiger partial charge < -0.3 is 9.64 Å². The normalized spacial score (nSPS) is 14.8. The first-order valence-corrected chi connectivity index (χ1v) is 7.89. The number of carbonyl (C=O) groups excluding carboxylic acids is 1. The molecule has 1 aliphatic rings. The van der Waals surface area contributed by atoms with Crippen molar-refractivity contribution in [2.45, 2.75) is 26.4 Å². The highest BCUT2D eigenvalue weighted by Crippen LogP contribution is 2.27. The molecule has 5 nitrogen and oxygen atoms in total. The summed E-state index contributed by atoms with van der Waals surface area (Å²) in [5, 5.41) is 5.85. The van der Waals surface area contributed by atoms with Crippen molar-refractivity contribution >= 4 is 34.7 Å². The molecule has 2 aromatic rings. The molecule has 6 heteroatoms. The van der Waals surface area contributed by atoms with Crippen LogP contribution < -0.4 is 0 Å². The Labute approximate surface area is 140 Å². The van der Waals surface area contributed by atoms with Crippen LogP contribution >= 0.6 is 11.6 Å². The van der Waals surface area contributed by atoms with Gasteiger partial charge >= 0.3 is 6.09 Å². The molecule has 2 heterocycles. The SMILES string of the molecule is Cn1ncc2c(Cl)cc(C=C3CN(C(=O)OC(C)(C)C)C3)cc21. The molecule has 3 rings (SSSR count). The van der Waals surface area contributed by atoms with E-state index in [0.29, 0.717) is 18.1 Å². The zero-order chi connectivity index (χ0) is 16.8. The summed E-state index contributed by atoms with van der Waals surface area (Å²) in [5.41, 5.74) is 2.72. The average molecular weight is 334 g/mol. The molecule has 1 saturated heterocycles. The van der Waals surface area contributed by atoms with Crippen molar-refractivity contribution < 1.29 is 9.53 Å². The third kappa shape index (κ3) is 3.34. The van der Waals surface area contributed by atoms with E-state index in [9.17, 15) is 4.79 Å².